The fraction of sp³-hybridized carbons (Fsp3) is 0.100. The lowest BCUT2D eigenvalue weighted by Gasteiger charge is -2.02. The first kappa shape index (κ1) is 11.7. The minimum Gasteiger partial charge on any atom is -0.362 e. The largest absolute Gasteiger partial charge is 0.384 e. The molecule has 5 heteroatoms. The number of carbonyl (C=O) groups is 1. The zero-order valence-electron chi connectivity index (χ0n) is 7.58. The molecule has 0 unspecified atom stereocenters. The SMILES string of the molecule is O=C(/C=C\Nc1ccccc1)C(F)(F)Cl. The van der Waals surface area contributed by atoms with Crippen molar-refractivity contribution in [3.05, 3.63) is 42.6 Å². The molecule has 0 heterocycles. The number of allylic oxidation sites excluding steroid dienone is 1. The average Bonchev–Trinajstić information content (AvgIpc) is 2.18. The minimum atomic E-state index is -3.84. The van der Waals surface area contributed by atoms with Crippen LogP contribution in [-0.4, -0.2) is 11.2 Å². The van der Waals surface area contributed by atoms with Gasteiger partial charge in [0, 0.05) is 18.0 Å². The Morgan fingerprint density at radius 2 is 1.93 bits per heavy atom. The molecule has 80 valence electrons. The second-order valence-corrected chi connectivity index (χ2v) is 3.18. The van der Waals surface area contributed by atoms with Crippen LogP contribution in [0.3, 0.4) is 0 Å². The van der Waals surface area contributed by atoms with E-state index in [0.717, 1.165) is 6.20 Å². The van der Waals surface area contributed by atoms with Crippen molar-refractivity contribution in [2.75, 3.05) is 5.32 Å². The first-order valence-electron chi connectivity index (χ1n) is 4.09. The van der Waals surface area contributed by atoms with E-state index >= 15 is 0 Å². The van der Waals surface area contributed by atoms with E-state index in [1.165, 1.54) is 0 Å². The molecule has 0 spiro atoms. The fourth-order valence-corrected chi connectivity index (χ4v) is 0.905. The number of halogens is 3. The maximum atomic E-state index is 12.2. The Morgan fingerprint density at radius 3 is 2.47 bits per heavy atom. The van der Waals surface area contributed by atoms with Gasteiger partial charge in [0.25, 0.3) is 0 Å². The molecular formula is C10H8ClF2NO. The van der Waals surface area contributed by atoms with Gasteiger partial charge in [0.05, 0.1) is 0 Å². The van der Waals surface area contributed by atoms with Gasteiger partial charge in [-0.2, -0.15) is 8.78 Å². The van der Waals surface area contributed by atoms with Crippen molar-refractivity contribution in [1.82, 2.24) is 0 Å². The molecule has 15 heavy (non-hydrogen) atoms. The first-order chi connectivity index (χ1) is 7.00. The number of anilines is 1. The topological polar surface area (TPSA) is 29.1 Å². The molecular weight excluding hydrogens is 224 g/mol. The summed E-state index contributed by atoms with van der Waals surface area (Å²) in [5, 5.41) is -1.18. The van der Waals surface area contributed by atoms with Crippen LogP contribution in [0.15, 0.2) is 42.6 Å². The molecule has 0 atom stereocenters. The molecule has 0 bridgehead atoms. The Hall–Kier alpha value is -1.42. The summed E-state index contributed by atoms with van der Waals surface area (Å²) < 4.78 is 24.4. The van der Waals surface area contributed by atoms with E-state index in [1.54, 1.807) is 24.3 Å². The third kappa shape index (κ3) is 4.08. The molecule has 2 nitrogen and oxygen atoms in total. The number of nitrogens with one attached hydrogen (secondary N) is 1. The number of para-hydroxylation sites is 1. The van der Waals surface area contributed by atoms with E-state index < -0.39 is 11.2 Å². The predicted molar refractivity (Wildman–Crippen MR) is 55.0 cm³/mol. The van der Waals surface area contributed by atoms with Crippen LogP contribution < -0.4 is 5.32 Å². The van der Waals surface area contributed by atoms with Crippen molar-refractivity contribution in [1.29, 1.82) is 0 Å². The number of rotatable bonds is 4. The monoisotopic (exact) mass is 231 g/mol. The van der Waals surface area contributed by atoms with Gasteiger partial charge in [0.15, 0.2) is 0 Å². The summed E-state index contributed by atoms with van der Waals surface area (Å²) in [4.78, 5) is 10.6. The number of ketones is 1. The van der Waals surface area contributed by atoms with E-state index in [4.69, 9.17) is 0 Å². The Kier molecular flexibility index (Phi) is 3.80. The van der Waals surface area contributed by atoms with Crippen LogP contribution >= 0.6 is 11.6 Å². The van der Waals surface area contributed by atoms with Crippen LogP contribution in [0.1, 0.15) is 0 Å². The Balaban J connectivity index is 2.51. The van der Waals surface area contributed by atoms with Crippen LogP contribution in [0.25, 0.3) is 0 Å². The maximum absolute atomic E-state index is 12.2. The van der Waals surface area contributed by atoms with Gasteiger partial charge in [-0.05, 0) is 23.7 Å². The molecule has 0 fully saturated rings. The Morgan fingerprint density at radius 1 is 1.33 bits per heavy atom. The first-order valence-corrected chi connectivity index (χ1v) is 4.47. The second-order valence-electron chi connectivity index (χ2n) is 2.71. The number of hydrogen-bond acceptors (Lipinski definition) is 2. The number of carbonyl (C=O) groups excluding carboxylic acids is 1. The van der Waals surface area contributed by atoms with Gasteiger partial charge in [0.1, 0.15) is 0 Å². The van der Waals surface area contributed by atoms with Crippen LogP contribution in [0, 0.1) is 0 Å². The van der Waals surface area contributed by atoms with Gasteiger partial charge in [-0.3, -0.25) is 4.79 Å². The summed E-state index contributed by atoms with van der Waals surface area (Å²) in [6.45, 7) is 0. The summed E-state index contributed by atoms with van der Waals surface area (Å²) in [6, 6.07) is 8.82. The Labute approximate surface area is 90.5 Å². The summed E-state index contributed by atoms with van der Waals surface area (Å²) in [5.41, 5.74) is 0.694. The van der Waals surface area contributed by atoms with Crippen LogP contribution in [0.4, 0.5) is 14.5 Å². The zero-order chi connectivity index (χ0) is 11.3. The number of alkyl halides is 3. The molecule has 0 radical (unpaired) electrons. The highest BCUT2D eigenvalue weighted by Gasteiger charge is 2.33. The third-order valence-corrected chi connectivity index (χ3v) is 1.72. The van der Waals surface area contributed by atoms with E-state index in [9.17, 15) is 13.6 Å². The lowest BCUT2D eigenvalue weighted by Crippen LogP contribution is -2.18. The molecule has 0 aliphatic heterocycles. The molecule has 0 aliphatic rings. The molecule has 1 aromatic rings. The summed E-state index contributed by atoms with van der Waals surface area (Å²) in [6.07, 6.45) is 1.81. The molecule has 0 amide bonds. The highest BCUT2D eigenvalue weighted by Crippen LogP contribution is 2.20. The average molecular weight is 232 g/mol. The molecule has 0 saturated carbocycles. The highest BCUT2D eigenvalue weighted by molar-refractivity contribution is 6.34. The normalized spacial score (nSPS) is 11.7. The quantitative estimate of drug-likeness (QED) is 0.638. The van der Waals surface area contributed by atoms with E-state index in [-0.39, 0.29) is 0 Å². The second kappa shape index (κ2) is 4.89. The smallest absolute Gasteiger partial charge is 0.362 e. The van der Waals surface area contributed by atoms with Crippen LogP contribution in [0.2, 0.25) is 0 Å². The molecule has 0 saturated heterocycles. The van der Waals surface area contributed by atoms with E-state index in [2.05, 4.69) is 16.9 Å². The third-order valence-electron chi connectivity index (χ3n) is 1.54. The van der Waals surface area contributed by atoms with E-state index in [0.29, 0.717) is 11.8 Å². The van der Waals surface area contributed by atoms with Crippen LogP contribution in [-0.2, 0) is 4.79 Å². The van der Waals surface area contributed by atoms with Crippen molar-refractivity contribution < 1.29 is 13.6 Å². The maximum Gasteiger partial charge on any atom is 0.384 e. The number of hydrogen-bond donors (Lipinski definition) is 1. The van der Waals surface area contributed by atoms with Crippen molar-refractivity contribution in [2.45, 2.75) is 5.38 Å². The van der Waals surface area contributed by atoms with Crippen molar-refractivity contribution in [3.8, 4) is 0 Å². The van der Waals surface area contributed by atoms with Gasteiger partial charge < -0.3 is 5.32 Å². The van der Waals surface area contributed by atoms with Gasteiger partial charge >= 0.3 is 5.38 Å². The molecule has 1 N–H and O–H groups in total. The van der Waals surface area contributed by atoms with E-state index in [1.807, 2.05) is 6.07 Å². The van der Waals surface area contributed by atoms with Crippen LogP contribution in [0.5, 0.6) is 0 Å². The van der Waals surface area contributed by atoms with Gasteiger partial charge in [-0.1, -0.05) is 18.2 Å². The lowest BCUT2D eigenvalue weighted by atomic mass is 10.3. The molecule has 1 aromatic carbocycles. The molecule has 1 rings (SSSR count). The van der Waals surface area contributed by atoms with Gasteiger partial charge in [-0.25, -0.2) is 0 Å². The molecule has 0 aromatic heterocycles. The fourth-order valence-electron chi connectivity index (χ4n) is 0.842. The number of benzene rings is 1. The van der Waals surface area contributed by atoms with Gasteiger partial charge in [-0.15, -0.1) is 0 Å². The molecule has 0 aliphatic carbocycles. The summed E-state index contributed by atoms with van der Waals surface area (Å²) in [7, 11) is 0. The van der Waals surface area contributed by atoms with Crippen molar-refractivity contribution >= 4 is 23.1 Å². The van der Waals surface area contributed by atoms with Gasteiger partial charge in [0.2, 0.25) is 5.78 Å². The standard InChI is InChI=1S/C10H8ClF2NO/c11-10(12,13)9(15)6-7-14-8-4-2-1-3-5-8/h1-7,14H/b7-6-. The lowest BCUT2D eigenvalue weighted by molar-refractivity contribution is -0.128. The predicted octanol–water partition coefficient (Wildman–Crippen LogP) is 3.01. The summed E-state index contributed by atoms with van der Waals surface area (Å²) in [5.74, 6) is -1.45. The highest BCUT2D eigenvalue weighted by atomic mass is 35.5. The minimum absolute atomic E-state index is 0.694. The Bertz CT molecular complexity index is 359. The summed E-state index contributed by atoms with van der Waals surface area (Å²) >= 11 is 4.50. The van der Waals surface area contributed by atoms with Crippen molar-refractivity contribution in [2.24, 2.45) is 0 Å². The zero-order valence-corrected chi connectivity index (χ0v) is 8.34. The van der Waals surface area contributed by atoms with Crippen molar-refractivity contribution in [3.63, 3.8) is 0 Å².